The zero-order chi connectivity index (χ0) is 18.2. The molecule has 0 spiro atoms. The van der Waals surface area contributed by atoms with Gasteiger partial charge in [-0.1, -0.05) is 0 Å². The van der Waals surface area contributed by atoms with E-state index in [1.165, 1.54) is 10.4 Å². The second-order valence-corrected chi connectivity index (χ2v) is 6.32. The van der Waals surface area contributed by atoms with Gasteiger partial charge in [0, 0.05) is 24.1 Å². The molecule has 0 radical (unpaired) electrons. The van der Waals surface area contributed by atoms with Crippen LogP contribution in [0.2, 0.25) is 0 Å². The van der Waals surface area contributed by atoms with Gasteiger partial charge in [-0.25, -0.2) is 0 Å². The van der Waals surface area contributed by atoms with E-state index in [-0.39, 0.29) is 0 Å². The maximum absolute atomic E-state index is 5.47. The molecule has 2 rings (SSSR count). The summed E-state index contributed by atoms with van der Waals surface area (Å²) in [5, 5.41) is 8.71. The number of aryl methyl sites for hydroxylation is 1. The quantitative estimate of drug-likeness (QED) is 0.585. The second kappa shape index (κ2) is 9.17. The molecular formula is C18H25N3O3S. The molecule has 1 aromatic heterocycles. The van der Waals surface area contributed by atoms with Crippen LogP contribution < -0.4 is 24.8 Å². The third-order valence-corrected chi connectivity index (χ3v) is 4.88. The van der Waals surface area contributed by atoms with Crippen LogP contribution in [0, 0.1) is 6.92 Å². The van der Waals surface area contributed by atoms with Crippen molar-refractivity contribution in [1.29, 1.82) is 0 Å². The highest BCUT2D eigenvalue weighted by Crippen LogP contribution is 2.33. The van der Waals surface area contributed by atoms with Gasteiger partial charge in [0.25, 0.3) is 0 Å². The van der Waals surface area contributed by atoms with Crippen LogP contribution in [0.1, 0.15) is 16.0 Å². The zero-order valence-corrected chi connectivity index (χ0v) is 16.1. The highest BCUT2D eigenvalue weighted by Gasteiger charge is 2.14. The molecule has 0 saturated carbocycles. The number of guanidine groups is 1. The van der Waals surface area contributed by atoms with Gasteiger partial charge in [0.2, 0.25) is 0 Å². The van der Waals surface area contributed by atoms with Crippen molar-refractivity contribution in [2.24, 2.45) is 4.99 Å². The lowest BCUT2D eigenvalue weighted by atomic mass is 10.1. The van der Waals surface area contributed by atoms with Crippen molar-refractivity contribution in [1.82, 2.24) is 10.6 Å². The molecule has 6 nitrogen and oxygen atoms in total. The molecule has 0 unspecified atom stereocenters. The third kappa shape index (κ3) is 4.79. The lowest BCUT2D eigenvalue weighted by molar-refractivity contribution is 0.368. The Hall–Kier alpha value is -2.41. The van der Waals surface area contributed by atoms with Crippen molar-refractivity contribution in [3.05, 3.63) is 39.6 Å². The summed E-state index contributed by atoms with van der Waals surface area (Å²) in [7, 11) is 6.62. The Balaban J connectivity index is 2.06. The van der Waals surface area contributed by atoms with Crippen LogP contribution in [0.25, 0.3) is 0 Å². The standard InChI is InChI=1S/C18H25N3O3S/c1-12-6-7-25-17(12)11-21-18(19-2)20-10-14-15(23-4)8-13(22-3)9-16(14)24-5/h6-9H,10-11H2,1-5H3,(H2,19,20,21). The fourth-order valence-corrected chi connectivity index (χ4v) is 3.24. The molecule has 1 aromatic carbocycles. The summed E-state index contributed by atoms with van der Waals surface area (Å²) in [6.07, 6.45) is 0. The largest absolute Gasteiger partial charge is 0.496 e. The molecule has 7 heteroatoms. The Morgan fingerprint density at radius 2 is 1.68 bits per heavy atom. The highest BCUT2D eigenvalue weighted by atomic mass is 32.1. The van der Waals surface area contributed by atoms with Crippen LogP contribution in [0.4, 0.5) is 0 Å². The minimum atomic E-state index is 0.513. The first-order valence-corrected chi connectivity index (χ1v) is 8.77. The van der Waals surface area contributed by atoms with Crippen molar-refractivity contribution >= 4 is 17.3 Å². The monoisotopic (exact) mass is 363 g/mol. The van der Waals surface area contributed by atoms with Gasteiger partial charge in [0.1, 0.15) is 17.2 Å². The van der Waals surface area contributed by atoms with Crippen LogP contribution in [-0.2, 0) is 13.1 Å². The number of thiophene rings is 1. The minimum Gasteiger partial charge on any atom is -0.496 e. The van der Waals surface area contributed by atoms with Crippen LogP contribution in [0.5, 0.6) is 17.2 Å². The van der Waals surface area contributed by atoms with E-state index in [0.717, 1.165) is 12.1 Å². The fraction of sp³-hybridized carbons (Fsp3) is 0.389. The van der Waals surface area contributed by atoms with E-state index in [0.29, 0.717) is 29.8 Å². The summed E-state index contributed by atoms with van der Waals surface area (Å²) in [5.41, 5.74) is 2.19. The smallest absolute Gasteiger partial charge is 0.191 e. The molecule has 0 atom stereocenters. The average Bonchev–Trinajstić information content (AvgIpc) is 3.06. The van der Waals surface area contributed by atoms with Crippen molar-refractivity contribution in [2.75, 3.05) is 28.4 Å². The molecule has 0 bridgehead atoms. The van der Waals surface area contributed by atoms with E-state index in [4.69, 9.17) is 14.2 Å². The van der Waals surface area contributed by atoms with E-state index in [9.17, 15) is 0 Å². The first kappa shape index (κ1) is 18.9. The SMILES string of the molecule is CN=C(NCc1sccc1C)NCc1c(OC)cc(OC)cc1OC. The van der Waals surface area contributed by atoms with Gasteiger partial charge in [-0.15, -0.1) is 11.3 Å². The number of hydrogen-bond acceptors (Lipinski definition) is 5. The van der Waals surface area contributed by atoms with E-state index >= 15 is 0 Å². The lowest BCUT2D eigenvalue weighted by Crippen LogP contribution is -2.36. The van der Waals surface area contributed by atoms with Crippen molar-refractivity contribution < 1.29 is 14.2 Å². The van der Waals surface area contributed by atoms with E-state index in [1.54, 1.807) is 39.7 Å². The normalized spacial score (nSPS) is 11.2. The Morgan fingerprint density at radius 3 is 2.16 bits per heavy atom. The summed E-state index contributed by atoms with van der Waals surface area (Å²) in [6, 6.07) is 5.79. The minimum absolute atomic E-state index is 0.513. The molecule has 0 aliphatic heterocycles. The van der Waals surface area contributed by atoms with Gasteiger partial charge < -0.3 is 24.8 Å². The average molecular weight is 363 g/mol. The molecule has 1 heterocycles. The molecular weight excluding hydrogens is 338 g/mol. The first-order valence-electron chi connectivity index (χ1n) is 7.89. The highest BCUT2D eigenvalue weighted by molar-refractivity contribution is 7.10. The van der Waals surface area contributed by atoms with Crippen LogP contribution in [-0.4, -0.2) is 34.3 Å². The van der Waals surface area contributed by atoms with Crippen LogP contribution in [0.15, 0.2) is 28.6 Å². The number of benzene rings is 1. The van der Waals surface area contributed by atoms with Gasteiger partial charge in [0.05, 0.1) is 40.0 Å². The Morgan fingerprint density at radius 1 is 1.04 bits per heavy atom. The predicted octanol–water partition coefficient (Wildman–Crippen LogP) is 2.95. The Labute approximate surface area is 152 Å². The summed E-state index contributed by atoms with van der Waals surface area (Å²) < 4.78 is 16.2. The van der Waals surface area contributed by atoms with Crippen molar-refractivity contribution in [3.8, 4) is 17.2 Å². The van der Waals surface area contributed by atoms with Gasteiger partial charge in [-0.2, -0.15) is 0 Å². The van der Waals surface area contributed by atoms with Crippen molar-refractivity contribution in [2.45, 2.75) is 20.0 Å². The number of aliphatic imine (C=N–C) groups is 1. The summed E-state index contributed by atoms with van der Waals surface area (Å²) in [5.74, 6) is 2.81. The number of ether oxygens (including phenoxy) is 3. The third-order valence-electron chi connectivity index (χ3n) is 3.86. The van der Waals surface area contributed by atoms with Crippen LogP contribution >= 0.6 is 11.3 Å². The summed E-state index contributed by atoms with van der Waals surface area (Å²) in [4.78, 5) is 5.56. The van der Waals surface area contributed by atoms with Crippen molar-refractivity contribution in [3.63, 3.8) is 0 Å². The number of nitrogens with one attached hydrogen (secondary N) is 2. The Bertz CT molecular complexity index is 703. The lowest BCUT2D eigenvalue weighted by Gasteiger charge is -2.17. The van der Waals surface area contributed by atoms with E-state index < -0.39 is 0 Å². The topological polar surface area (TPSA) is 64.1 Å². The molecule has 0 fully saturated rings. The van der Waals surface area contributed by atoms with Gasteiger partial charge in [-0.05, 0) is 23.9 Å². The molecule has 0 aliphatic rings. The number of methoxy groups -OCH3 is 3. The molecule has 2 aromatic rings. The molecule has 25 heavy (non-hydrogen) atoms. The van der Waals surface area contributed by atoms with E-state index in [2.05, 4.69) is 34.0 Å². The molecule has 2 N–H and O–H groups in total. The van der Waals surface area contributed by atoms with Gasteiger partial charge in [0.15, 0.2) is 5.96 Å². The first-order chi connectivity index (χ1) is 12.1. The molecule has 136 valence electrons. The number of rotatable bonds is 7. The van der Waals surface area contributed by atoms with Crippen LogP contribution in [0.3, 0.4) is 0 Å². The zero-order valence-electron chi connectivity index (χ0n) is 15.3. The maximum atomic E-state index is 5.47. The predicted molar refractivity (Wildman–Crippen MR) is 102 cm³/mol. The summed E-state index contributed by atoms with van der Waals surface area (Å²) in [6.45, 7) is 3.36. The van der Waals surface area contributed by atoms with E-state index in [1.807, 2.05) is 12.1 Å². The maximum Gasteiger partial charge on any atom is 0.191 e. The molecule has 0 saturated heterocycles. The number of nitrogens with zero attached hydrogens (tertiary/aromatic N) is 1. The van der Waals surface area contributed by atoms with Gasteiger partial charge >= 0.3 is 0 Å². The molecule has 0 amide bonds. The number of hydrogen-bond donors (Lipinski definition) is 2. The second-order valence-electron chi connectivity index (χ2n) is 5.32. The summed E-state index contributed by atoms with van der Waals surface area (Å²) >= 11 is 1.73. The van der Waals surface area contributed by atoms with Gasteiger partial charge in [-0.3, -0.25) is 4.99 Å². The Kier molecular flexibility index (Phi) is 6.94. The fourth-order valence-electron chi connectivity index (χ4n) is 2.39. The molecule has 0 aliphatic carbocycles.